The van der Waals surface area contributed by atoms with Gasteiger partial charge in [-0.05, 0) is 32.1 Å². The Balaban J connectivity index is 3.96. The third-order valence-corrected chi connectivity index (χ3v) is 5.50. The van der Waals surface area contributed by atoms with Crippen molar-refractivity contribution in [1.82, 2.24) is 0 Å². The first-order valence-electron chi connectivity index (χ1n) is 10.6. The lowest BCUT2D eigenvalue weighted by Gasteiger charge is -2.34. The van der Waals surface area contributed by atoms with Gasteiger partial charge >= 0.3 is 5.97 Å². The molecule has 0 spiro atoms. The van der Waals surface area contributed by atoms with Crippen molar-refractivity contribution >= 4 is 16.5 Å². The number of methoxy groups -OCH3 is 2. The predicted molar refractivity (Wildman–Crippen MR) is 117 cm³/mol. The molecule has 0 aromatic heterocycles. The van der Waals surface area contributed by atoms with Crippen molar-refractivity contribution < 1.29 is 18.7 Å². The molecule has 0 aliphatic rings. The van der Waals surface area contributed by atoms with E-state index in [9.17, 15) is 4.79 Å². The highest BCUT2D eigenvalue weighted by Crippen LogP contribution is 2.30. The number of hydrogen-bond donors (Lipinski definition) is 0. The topological polar surface area (TPSA) is 44.8 Å². The van der Waals surface area contributed by atoms with Crippen LogP contribution in [0.1, 0.15) is 84.0 Å². The second-order valence-corrected chi connectivity index (χ2v) is 7.48. The van der Waals surface area contributed by atoms with Crippen LogP contribution < -0.4 is 0 Å². The highest BCUT2D eigenvalue weighted by atomic mass is 28.2. The molecular formula is C22H42O4Si. The van der Waals surface area contributed by atoms with Gasteiger partial charge in [0.15, 0.2) is 0 Å². The molecule has 0 amide bonds. The SMILES string of the molecule is C=CC(CCCCC/C=C\CCCCCCCC)C(OC)(OC)C(=O)O[SiH3]. The maximum atomic E-state index is 12.1. The lowest BCUT2D eigenvalue weighted by atomic mass is 9.91. The molecule has 0 N–H and O–H groups in total. The molecule has 0 saturated carbocycles. The van der Waals surface area contributed by atoms with Gasteiger partial charge in [0.2, 0.25) is 10.5 Å². The molecule has 0 saturated heterocycles. The summed E-state index contributed by atoms with van der Waals surface area (Å²) < 4.78 is 15.8. The monoisotopic (exact) mass is 398 g/mol. The van der Waals surface area contributed by atoms with Gasteiger partial charge in [0.25, 0.3) is 5.79 Å². The Morgan fingerprint density at radius 3 is 1.96 bits per heavy atom. The summed E-state index contributed by atoms with van der Waals surface area (Å²) in [6.07, 6.45) is 20.9. The molecule has 0 heterocycles. The Labute approximate surface area is 170 Å². The number of hydrogen-bond acceptors (Lipinski definition) is 4. The highest BCUT2D eigenvalue weighted by Gasteiger charge is 2.46. The average Bonchev–Trinajstić information content (AvgIpc) is 2.70. The van der Waals surface area contributed by atoms with Crippen molar-refractivity contribution in [2.75, 3.05) is 14.2 Å². The van der Waals surface area contributed by atoms with E-state index in [1.807, 2.05) is 0 Å². The molecule has 4 nitrogen and oxygen atoms in total. The van der Waals surface area contributed by atoms with Gasteiger partial charge in [-0.25, -0.2) is 4.79 Å². The second kappa shape index (κ2) is 17.2. The smallest absolute Gasteiger partial charge is 0.353 e. The standard InChI is InChI=1S/C22H42O4Si/c1-5-7-8-9-10-11-12-13-14-15-16-17-18-19-20(6-2)22(24-3,25-4)21(23)26-27/h6,13-14,20H,2,5,7-12,15-19H2,1,3-4,27H3/b14-13-. The number of ether oxygens (including phenoxy) is 2. The molecule has 1 unspecified atom stereocenters. The van der Waals surface area contributed by atoms with Crippen molar-refractivity contribution in [3.8, 4) is 0 Å². The van der Waals surface area contributed by atoms with Crippen molar-refractivity contribution in [3.05, 3.63) is 24.8 Å². The van der Waals surface area contributed by atoms with Crippen LogP contribution in [0.4, 0.5) is 0 Å². The Morgan fingerprint density at radius 1 is 0.963 bits per heavy atom. The average molecular weight is 399 g/mol. The van der Waals surface area contributed by atoms with Crippen LogP contribution in [0.15, 0.2) is 24.8 Å². The van der Waals surface area contributed by atoms with Gasteiger partial charge in [0.1, 0.15) is 0 Å². The van der Waals surface area contributed by atoms with E-state index in [2.05, 4.69) is 25.7 Å². The first-order valence-corrected chi connectivity index (χ1v) is 11.4. The van der Waals surface area contributed by atoms with Gasteiger partial charge in [-0.15, -0.1) is 6.58 Å². The largest absolute Gasteiger partial charge is 0.525 e. The summed E-state index contributed by atoms with van der Waals surface area (Å²) in [5.41, 5.74) is 0. The minimum Gasteiger partial charge on any atom is -0.525 e. The Kier molecular flexibility index (Phi) is 16.6. The lowest BCUT2D eigenvalue weighted by molar-refractivity contribution is -0.238. The van der Waals surface area contributed by atoms with E-state index in [0.717, 1.165) is 32.1 Å². The lowest BCUT2D eigenvalue weighted by Crippen LogP contribution is -2.49. The molecule has 0 radical (unpaired) electrons. The summed E-state index contributed by atoms with van der Waals surface area (Å²) in [6, 6.07) is 0. The summed E-state index contributed by atoms with van der Waals surface area (Å²) in [7, 11) is 3.28. The first-order chi connectivity index (χ1) is 13.1. The molecule has 1 atom stereocenters. The first kappa shape index (κ1) is 26.1. The van der Waals surface area contributed by atoms with Crippen LogP contribution in [0.25, 0.3) is 0 Å². The summed E-state index contributed by atoms with van der Waals surface area (Å²) in [5, 5.41) is 0. The Morgan fingerprint density at radius 2 is 1.48 bits per heavy atom. The third kappa shape index (κ3) is 10.3. The fourth-order valence-electron chi connectivity index (χ4n) is 3.39. The summed E-state index contributed by atoms with van der Waals surface area (Å²) in [4.78, 5) is 12.1. The number of carbonyl (C=O) groups is 1. The third-order valence-electron chi connectivity index (χ3n) is 5.13. The van der Waals surface area contributed by atoms with Crippen LogP contribution >= 0.6 is 0 Å². The minimum absolute atomic E-state index is 0.211. The fraction of sp³-hybridized carbons (Fsp3) is 0.773. The summed E-state index contributed by atoms with van der Waals surface area (Å²) in [5.74, 6) is -2.03. The highest BCUT2D eigenvalue weighted by molar-refractivity contribution is 6.06. The molecular weight excluding hydrogens is 356 g/mol. The van der Waals surface area contributed by atoms with E-state index in [1.54, 1.807) is 6.08 Å². The van der Waals surface area contributed by atoms with E-state index in [-0.39, 0.29) is 5.92 Å². The normalized spacial score (nSPS) is 13.1. The minimum atomic E-state index is -1.36. The van der Waals surface area contributed by atoms with Crippen molar-refractivity contribution in [3.63, 3.8) is 0 Å². The second-order valence-electron chi connectivity index (χ2n) is 7.08. The van der Waals surface area contributed by atoms with Gasteiger partial charge in [-0.3, -0.25) is 0 Å². The van der Waals surface area contributed by atoms with Gasteiger partial charge in [0.05, 0.1) is 0 Å². The molecule has 27 heavy (non-hydrogen) atoms. The summed E-state index contributed by atoms with van der Waals surface area (Å²) in [6.45, 7) is 6.11. The van der Waals surface area contributed by atoms with Crippen LogP contribution in [0.3, 0.4) is 0 Å². The van der Waals surface area contributed by atoms with E-state index in [1.165, 1.54) is 59.2 Å². The van der Waals surface area contributed by atoms with Gasteiger partial charge in [0, 0.05) is 20.1 Å². The van der Waals surface area contributed by atoms with Crippen LogP contribution in [0, 0.1) is 5.92 Å². The molecule has 0 aliphatic carbocycles. The molecule has 0 aliphatic heterocycles. The van der Waals surface area contributed by atoms with Crippen molar-refractivity contribution in [1.29, 1.82) is 0 Å². The predicted octanol–water partition coefficient (Wildman–Crippen LogP) is 4.86. The number of allylic oxidation sites excluding steroid dienone is 2. The van der Waals surface area contributed by atoms with E-state index >= 15 is 0 Å². The van der Waals surface area contributed by atoms with Crippen LogP contribution in [-0.2, 0) is 18.7 Å². The zero-order valence-corrected chi connectivity index (χ0v) is 20.1. The van der Waals surface area contributed by atoms with Crippen LogP contribution in [0.2, 0.25) is 0 Å². The number of carbonyl (C=O) groups excluding carboxylic acids is 1. The van der Waals surface area contributed by atoms with Crippen LogP contribution in [0.5, 0.6) is 0 Å². The fourth-order valence-corrected chi connectivity index (χ4v) is 3.68. The Bertz CT molecular complexity index is 405. The molecule has 0 aromatic rings. The van der Waals surface area contributed by atoms with Crippen molar-refractivity contribution in [2.45, 2.75) is 89.8 Å². The molecule has 0 bridgehead atoms. The van der Waals surface area contributed by atoms with E-state index in [4.69, 9.17) is 13.9 Å². The summed E-state index contributed by atoms with van der Waals surface area (Å²) >= 11 is 0. The zero-order chi connectivity index (χ0) is 20.4. The molecule has 158 valence electrons. The molecule has 0 rings (SSSR count). The Hall–Kier alpha value is -0.913. The van der Waals surface area contributed by atoms with E-state index < -0.39 is 11.8 Å². The molecule has 0 aromatic carbocycles. The molecule has 0 fully saturated rings. The zero-order valence-electron chi connectivity index (χ0n) is 18.1. The van der Waals surface area contributed by atoms with Gasteiger partial charge in [-0.2, -0.15) is 0 Å². The molecule has 5 heteroatoms. The maximum Gasteiger partial charge on any atom is 0.353 e. The number of unbranched alkanes of at least 4 members (excludes halogenated alkanes) is 9. The van der Waals surface area contributed by atoms with Gasteiger partial charge in [-0.1, -0.05) is 70.1 Å². The van der Waals surface area contributed by atoms with E-state index in [0.29, 0.717) is 10.5 Å². The van der Waals surface area contributed by atoms with Gasteiger partial charge < -0.3 is 13.9 Å². The number of rotatable bonds is 18. The quantitative estimate of drug-likeness (QED) is 0.143. The maximum absolute atomic E-state index is 12.1. The van der Waals surface area contributed by atoms with Crippen molar-refractivity contribution in [2.24, 2.45) is 5.92 Å². The van der Waals surface area contributed by atoms with Crippen LogP contribution in [-0.4, -0.2) is 36.5 Å².